The maximum absolute atomic E-state index is 10.9. The third-order valence-corrected chi connectivity index (χ3v) is 2.35. The highest BCUT2D eigenvalue weighted by molar-refractivity contribution is 5.87. The highest BCUT2D eigenvalue weighted by atomic mass is 16.4. The fraction of sp³-hybridized carbons (Fsp3) is 0.364. The predicted octanol–water partition coefficient (Wildman–Crippen LogP) is -0.642. The van der Waals surface area contributed by atoms with Gasteiger partial charge in [-0.1, -0.05) is 0 Å². The Labute approximate surface area is 103 Å². The first-order valence-corrected chi connectivity index (χ1v) is 5.17. The standard InChI is InChI=1S/C11H14N2O5/c1-5-2-6(9(11(17)18)13-4-5)10(16)7(14)3-8(12)15/h2,4,7,10,14,16H,3H2,1H3,(H2,12,15)(H,17,18). The maximum Gasteiger partial charge on any atom is 0.354 e. The molecule has 0 saturated carbocycles. The van der Waals surface area contributed by atoms with Crippen LogP contribution in [0.4, 0.5) is 0 Å². The molecule has 2 unspecified atom stereocenters. The molecule has 0 radical (unpaired) electrons. The number of carbonyl (C=O) groups is 2. The second-order valence-corrected chi connectivity index (χ2v) is 3.94. The highest BCUT2D eigenvalue weighted by Crippen LogP contribution is 2.22. The van der Waals surface area contributed by atoms with Crippen molar-refractivity contribution in [3.8, 4) is 0 Å². The Bertz CT molecular complexity index is 475. The molecule has 1 amide bonds. The van der Waals surface area contributed by atoms with Gasteiger partial charge in [0, 0.05) is 11.8 Å². The molecule has 0 bridgehead atoms. The first-order valence-electron chi connectivity index (χ1n) is 5.17. The van der Waals surface area contributed by atoms with Gasteiger partial charge in [0.25, 0.3) is 0 Å². The highest BCUT2D eigenvalue weighted by Gasteiger charge is 2.25. The normalized spacial score (nSPS) is 13.9. The van der Waals surface area contributed by atoms with Crippen LogP contribution in [0.5, 0.6) is 0 Å². The molecule has 0 fully saturated rings. The largest absolute Gasteiger partial charge is 0.477 e. The quantitative estimate of drug-likeness (QED) is 0.552. The van der Waals surface area contributed by atoms with E-state index in [0.717, 1.165) is 0 Å². The molecular weight excluding hydrogens is 240 g/mol. The van der Waals surface area contributed by atoms with Gasteiger partial charge in [-0.3, -0.25) is 4.79 Å². The van der Waals surface area contributed by atoms with E-state index in [1.54, 1.807) is 6.92 Å². The number of amides is 1. The average molecular weight is 254 g/mol. The number of aliphatic hydroxyl groups is 2. The van der Waals surface area contributed by atoms with Crippen LogP contribution in [0.25, 0.3) is 0 Å². The zero-order chi connectivity index (χ0) is 13.9. The molecule has 1 aromatic rings. The number of primary amides is 1. The van der Waals surface area contributed by atoms with E-state index < -0.39 is 30.5 Å². The van der Waals surface area contributed by atoms with Gasteiger partial charge in [0.2, 0.25) is 5.91 Å². The zero-order valence-corrected chi connectivity index (χ0v) is 9.70. The molecule has 98 valence electrons. The van der Waals surface area contributed by atoms with Crippen molar-refractivity contribution in [3.63, 3.8) is 0 Å². The van der Waals surface area contributed by atoms with Crippen LogP contribution >= 0.6 is 0 Å². The summed E-state index contributed by atoms with van der Waals surface area (Å²) >= 11 is 0. The van der Waals surface area contributed by atoms with E-state index in [9.17, 15) is 19.8 Å². The molecule has 0 saturated heterocycles. The zero-order valence-electron chi connectivity index (χ0n) is 9.70. The van der Waals surface area contributed by atoms with Gasteiger partial charge in [0.05, 0.1) is 12.5 Å². The van der Waals surface area contributed by atoms with Gasteiger partial charge < -0.3 is 21.1 Å². The summed E-state index contributed by atoms with van der Waals surface area (Å²) in [4.78, 5) is 25.3. The summed E-state index contributed by atoms with van der Waals surface area (Å²) in [7, 11) is 0. The number of carboxylic acids is 1. The molecule has 2 atom stereocenters. The van der Waals surface area contributed by atoms with E-state index in [-0.39, 0.29) is 11.3 Å². The Kier molecular flexibility index (Phi) is 4.35. The Morgan fingerprint density at radius 2 is 2.06 bits per heavy atom. The van der Waals surface area contributed by atoms with Crippen molar-refractivity contribution >= 4 is 11.9 Å². The van der Waals surface area contributed by atoms with Gasteiger partial charge >= 0.3 is 5.97 Å². The average Bonchev–Trinajstić information content (AvgIpc) is 2.26. The predicted molar refractivity (Wildman–Crippen MR) is 60.7 cm³/mol. The van der Waals surface area contributed by atoms with Crippen LogP contribution in [-0.4, -0.2) is 38.3 Å². The lowest BCUT2D eigenvalue weighted by atomic mass is 9.99. The number of aliphatic hydroxyl groups excluding tert-OH is 2. The van der Waals surface area contributed by atoms with Crippen LogP contribution in [0, 0.1) is 6.92 Å². The number of aromatic nitrogens is 1. The number of rotatable bonds is 5. The molecule has 7 heteroatoms. The number of aromatic carboxylic acids is 1. The van der Waals surface area contributed by atoms with E-state index in [4.69, 9.17) is 10.8 Å². The summed E-state index contributed by atoms with van der Waals surface area (Å²) in [6.07, 6.45) is -2.13. The number of nitrogens with two attached hydrogens (primary N) is 1. The van der Waals surface area contributed by atoms with Gasteiger partial charge in [-0.05, 0) is 18.6 Å². The Morgan fingerprint density at radius 1 is 1.44 bits per heavy atom. The summed E-state index contributed by atoms with van der Waals surface area (Å²) in [6, 6.07) is 1.39. The van der Waals surface area contributed by atoms with E-state index in [1.807, 2.05) is 0 Å². The fourth-order valence-corrected chi connectivity index (χ4v) is 1.52. The summed E-state index contributed by atoms with van der Waals surface area (Å²) in [5, 5.41) is 28.3. The monoisotopic (exact) mass is 254 g/mol. The third-order valence-electron chi connectivity index (χ3n) is 2.35. The van der Waals surface area contributed by atoms with Gasteiger partial charge in [-0.15, -0.1) is 0 Å². The van der Waals surface area contributed by atoms with Gasteiger partial charge in [0.1, 0.15) is 6.10 Å². The summed E-state index contributed by atoms with van der Waals surface area (Å²) in [5.74, 6) is -2.12. The summed E-state index contributed by atoms with van der Waals surface area (Å²) in [5.41, 5.74) is 5.11. The van der Waals surface area contributed by atoms with Gasteiger partial charge in [-0.25, -0.2) is 9.78 Å². The van der Waals surface area contributed by atoms with E-state index >= 15 is 0 Å². The SMILES string of the molecule is Cc1cnc(C(=O)O)c(C(O)C(O)CC(N)=O)c1. The molecule has 5 N–H and O–H groups in total. The van der Waals surface area contributed by atoms with Gasteiger partial charge in [0.15, 0.2) is 5.69 Å². The molecule has 0 aliphatic carbocycles. The molecule has 0 spiro atoms. The van der Waals surface area contributed by atoms with Crippen LogP contribution in [-0.2, 0) is 4.79 Å². The minimum absolute atomic E-state index is 0.0451. The lowest BCUT2D eigenvalue weighted by Crippen LogP contribution is -2.27. The second-order valence-electron chi connectivity index (χ2n) is 3.94. The van der Waals surface area contributed by atoms with E-state index in [1.165, 1.54) is 12.3 Å². The summed E-state index contributed by atoms with van der Waals surface area (Å²) in [6.45, 7) is 1.66. The van der Waals surface area contributed by atoms with Crippen molar-refractivity contribution in [1.29, 1.82) is 0 Å². The van der Waals surface area contributed by atoms with Crippen LogP contribution in [0.1, 0.15) is 34.1 Å². The topological polar surface area (TPSA) is 134 Å². The van der Waals surface area contributed by atoms with Crippen LogP contribution < -0.4 is 5.73 Å². The van der Waals surface area contributed by atoms with Crippen LogP contribution in [0.3, 0.4) is 0 Å². The van der Waals surface area contributed by atoms with Crippen molar-refractivity contribution < 1.29 is 24.9 Å². The Hall–Kier alpha value is -1.99. The minimum Gasteiger partial charge on any atom is -0.477 e. The summed E-state index contributed by atoms with van der Waals surface area (Å²) < 4.78 is 0. The van der Waals surface area contributed by atoms with Crippen molar-refractivity contribution in [2.45, 2.75) is 25.6 Å². The van der Waals surface area contributed by atoms with E-state index in [2.05, 4.69) is 4.98 Å². The molecule has 18 heavy (non-hydrogen) atoms. The van der Waals surface area contributed by atoms with Crippen LogP contribution in [0.15, 0.2) is 12.3 Å². The minimum atomic E-state index is -1.53. The number of pyridine rings is 1. The molecule has 1 heterocycles. The number of hydrogen-bond donors (Lipinski definition) is 4. The van der Waals surface area contributed by atoms with Crippen molar-refractivity contribution in [2.24, 2.45) is 5.73 Å². The van der Waals surface area contributed by atoms with Gasteiger partial charge in [-0.2, -0.15) is 0 Å². The molecule has 1 rings (SSSR count). The number of carboxylic acid groups (broad SMARTS) is 1. The van der Waals surface area contributed by atoms with Crippen molar-refractivity contribution in [3.05, 3.63) is 29.1 Å². The van der Waals surface area contributed by atoms with Crippen LogP contribution in [0.2, 0.25) is 0 Å². The molecular formula is C11H14N2O5. The number of hydrogen-bond acceptors (Lipinski definition) is 5. The number of nitrogens with zero attached hydrogens (tertiary/aromatic N) is 1. The first kappa shape index (κ1) is 14.1. The Morgan fingerprint density at radius 3 is 2.56 bits per heavy atom. The third kappa shape index (κ3) is 3.25. The van der Waals surface area contributed by atoms with Crippen molar-refractivity contribution in [1.82, 2.24) is 4.98 Å². The molecule has 0 aliphatic rings. The molecule has 1 aromatic heterocycles. The number of carbonyl (C=O) groups excluding carboxylic acids is 1. The fourth-order valence-electron chi connectivity index (χ4n) is 1.52. The number of aryl methyl sites for hydroxylation is 1. The van der Waals surface area contributed by atoms with Crippen molar-refractivity contribution in [2.75, 3.05) is 0 Å². The Balaban J connectivity index is 3.10. The smallest absolute Gasteiger partial charge is 0.354 e. The molecule has 0 aromatic carbocycles. The maximum atomic E-state index is 10.9. The molecule has 7 nitrogen and oxygen atoms in total. The van der Waals surface area contributed by atoms with E-state index in [0.29, 0.717) is 5.56 Å². The first-order chi connectivity index (χ1) is 8.32. The second kappa shape index (κ2) is 5.56. The lowest BCUT2D eigenvalue weighted by molar-refractivity contribution is -0.121. The lowest BCUT2D eigenvalue weighted by Gasteiger charge is -2.18. The molecule has 0 aliphatic heterocycles.